The molecule has 2 aromatic rings. The molecule has 0 aromatic heterocycles. The summed E-state index contributed by atoms with van der Waals surface area (Å²) in [6, 6.07) is 7.35. The second kappa shape index (κ2) is 9.67. The van der Waals surface area contributed by atoms with Crippen molar-refractivity contribution in [3.05, 3.63) is 58.9 Å². The molecule has 0 radical (unpaired) electrons. The maximum Gasteiger partial charge on any atom is 0.254 e. The molecule has 1 aliphatic rings. The van der Waals surface area contributed by atoms with Crippen molar-refractivity contribution in [2.24, 2.45) is 5.92 Å². The highest BCUT2D eigenvalue weighted by molar-refractivity contribution is 5.94. The van der Waals surface area contributed by atoms with Crippen LogP contribution in [0.3, 0.4) is 0 Å². The van der Waals surface area contributed by atoms with Gasteiger partial charge in [-0.05, 0) is 42.5 Å². The molecule has 1 aliphatic carbocycles. The number of hydrogen-bond donors (Lipinski definition) is 1. The monoisotopic (exact) mass is 407 g/mol. The van der Waals surface area contributed by atoms with Crippen molar-refractivity contribution in [3.63, 3.8) is 0 Å². The molecule has 7 heteroatoms. The lowest BCUT2D eigenvalue weighted by molar-refractivity contribution is 0.0937. The van der Waals surface area contributed by atoms with Crippen LogP contribution in [0.5, 0.6) is 11.5 Å². The fraction of sp³-hybridized carbons (Fsp3) is 0.409. The van der Waals surface area contributed by atoms with Crippen LogP contribution >= 0.6 is 0 Å². The zero-order valence-corrected chi connectivity index (χ0v) is 16.3. The first-order valence-electron chi connectivity index (χ1n) is 9.71. The van der Waals surface area contributed by atoms with Gasteiger partial charge in [0.05, 0.1) is 12.7 Å². The van der Waals surface area contributed by atoms with E-state index in [1.165, 1.54) is 13.5 Å². The number of nitrogens with one attached hydrogen (secondary N) is 1. The van der Waals surface area contributed by atoms with Crippen LogP contribution in [0.4, 0.5) is 13.2 Å². The lowest BCUT2D eigenvalue weighted by Gasteiger charge is -2.21. The quantitative estimate of drug-likeness (QED) is 0.657. The number of methoxy groups -OCH3 is 1. The lowest BCUT2D eigenvalue weighted by Crippen LogP contribution is -2.31. The highest BCUT2D eigenvalue weighted by atomic mass is 19.2. The molecule has 0 aliphatic heterocycles. The molecule has 0 atom stereocenters. The minimum Gasteiger partial charge on any atom is -0.497 e. The third-order valence-electron chi connectivity index (χ3n) is 5.18. The Morgan fingerprint density at radius 3 is 2.41 bits per heavy atom. The summed E-state index contributed by atoms with van der Waals surface area (Å²) < 4.78 is 53.2. The number of amides is 1. The highest BCUT2D eigenvalue weighted by Crippen LogP contribution is 2.28. The van der Waals surface area contributed by atoms with Crippen molar-refractivity contribution in [3.8, 4) is 11.5 Å². The van der Waals surface area contributed by atoms with Gasteiger partial charge in [-0.25, -0.2) is 8.78 Å². The largest absolute Gasteiger partial charge is 0.497 e. The molecule has 0 unspecified atom stereocenters. The number of carbonyl (C=O) groups is 1. The first-order chi connectivity index (χ1) is 14.0. The fourth-order valence-corrected chi connectivity index (χ4v) is 3.48. The maximum atomic E-state index is 14.4. The van der Waals surface area contributed by atoms with Crippen molar-refractivity contribution >= 4 is 5.91 Å². The predicted octanol–water partition coefficient (Wildman–Crippen LogP) is 5.00. The summed E-state index contributed by atoms with van der Waals surface area (Å²) >= 11 is 0. The van der Waals surface area contributed by atoms with Crippen LogP contribution in [-0.2, 0) is 6.61 Å². The first-order valence-corrected chi connectivity index (χ1v) is 9.71. The van der Waals surface area contributed by atoms with Crippen LogP contribution in [0.2, 0.25) is 0 Å². The number of benzene rings is 2. The van der Waals surface area contributed by atoms with Gasteiger partial charge in [-0.2, -0.15) is 4.39 Å². The molecule has 4 nitrogen and oxygen atoms in total. The number of halogens is 3. The van der Waals surface area contributed by atoms with Gasteiger partial charge < -0.3 is 14.8 Å². The van der Waals surface area contributed by atoms with Crippen LogP contribution in [0.25, 0.3) is 0 Å². The van der Waals surface area contributed by atoms with Crippen molar-refractivity contribution < 1.29 is 27.4 Å². The number of hydrogen-bond acceptors (Lipinski definition) is 3. The summed E-state index contributed by atoms with van der Waals surface area (Å²) in [5.74, 6) is -4.79. The van der Waals surface area contributed by atoms with Crippen molar-refractivity contribution in [1.29, 1.82) is 0 Å². The van der Waals surface area contributed by atoms with E-state index in [9.17, 15) is 18.0 Å². The molecule has 3 rings (SSSR count). The Balaban J connectivity index is 1.67. The molecule has 1 amide bonds. The summed E-state index contributed by atoms with van der Waals surface area (Å²) in [6.07, 6.45) is 5.34. The van der Waals surface area contributed by atoms with Gasteiger partial charge in [0.1, 0.15) is 12.4 Å². The van der Waals surface area contributed by atoms with E-state index in [1.807, 2.05) is 0 Å². The van der Waals surface area contributed by atoms with Gasteiger partial charge in [0, 0.05) is 6.54 Å². The molecule has 0 spiro atoms. The molecule has 0 bridgehead atoms. The van der Waals surface area contributed by atoms with Crippen molar-refractivity contribution in [2.75, 3.05) is 13.7 Å². The second-order valence-corrected chi connectivity index (χ2v) is 7.21. The van der Waals surface area contributed by atoms with E-state index in [1.54, 1.807) is 24.3 Å². The third kappa shape index (κ3) is 5.22. The zero-order chi connectivity index (χ0) is 20.8. The van der Waals surface area contributed by atoms with Crippen molar-refractivity contribution in [2.45, 2.75) is 38.7 Å². The maximum absolute atomic E-state index is 14.4. The average Bonchev–Trinajstić information content (AvgIpc) is 2.75. The van der Waals surface area contributed by atoms with Crippen LogP contribution in [0.15, 0.2) is 30.3 Å². The summed E-state index contributed by atoms with van der Waals surface area (Å²) in [7, 11) is 1.52. The Hall–Kier alpha value is -2.70. The van der Waals surface area contributed by atoms with E-state index in [0.717, 1.165) is 25.7 Å². The molecule has 1 saturated carbocycles. The molecular formula is C22H24F3NO3. The minimum atomic E-state index is -1.51. The van der Waals surface area contributed by atoms with Gasteiger partial charge in [-0.15, -0.1) is 0 Å². The van der Waals surface area contributed by atoms with Gasteiger partial charge in [0.2, 0.25) is 5.82 Å². The first kappa shape index (κ1) is 21.0. The standard InChI is InChI=1S/C22H24F3NO3/c1-28-16-9-7-15(8-10-16)13-29-21-18(23)11-17(19(24)20(21)25)22(27)26-12-14-5-3-2-4-6-14/h7-11,14H,2-6,12-13H2,1H3,(H,26,27). The second-order valence-electron chi connectivity index (χ2n) is 7.21. The SMILES string of the molecule is COc1ccc(COc2c(F)cc(C(=O)NCC3CCCCC3)c(F)c2F)cc1. The number of carbonyl (C=O) groups excluding carboxylic acids is 1. The molecule has 1 N–H and O–H groups in total. The van der Waals surface area contributed by atoms with E-state index in [4.69, 9.17) is 9.47 Å². The Labute approximate surface area is 168 Å². The van der Waals surface area contributed by atoms with Crippen LogP contribution in [-0.4, -0.2) is 19.6 Å². The predicted molar refractivity (Wildman–Crippen MR) is 103 cm³/mol. The molecular weight excluding hydrogens is 383 g/mol. The van der Waals surface area contributed by atoms with Crippen molar-refractivity contribution in [1.82, 2.24) is 5.32 Å². The zero-order valence-electron chi connectivity index (χ0n) is 16.3. The highest BCUT2D eigenvalue weighted by Gasteiger charge is 2.25. The Morgan fingerprint density at radius 2 is 1.76 bits per heavy atom. The fourth-order valence-electron chi connectivity index (χ4n) is 3.48. The molecule has 1 fully saturated rings. The van der Waals surface area contributed by atoms with Crippen LogP contribution in [0, 0.1) is 23.4 Å². The van der Waals surface area contributed by atoms with Crippen LogP contribution < -0.4 is 14.8 Å². The Kier molecular flexibility index (Phi) is 7.01. The molecule has 156 valence electrons. The third-order valence-corrected chi connectivity index (χ3v) is 5.18. The van der Waals surface area contributed by atoms with E-state index in [2.05, 4.69) is 5.32 Å². The number of rotatable bonds is 7. The van der Waals surface area contributed by atoms with E-state index in [0.29, 0.717) is 29.8 Å². The minimum absolute atomic E-state index is 0.162. The van der Waals surface area contributed by atoms with Gasteiger partial charge in [0.25, 0.3) is 5.91 Å². The van der Waals surface area contributed by atoms with E-state index in [-0.39, 0.29) is 6.61 Å². The van der Waals surface area contributed by atoms with E-state index >= 15 is 0 Å². The summed E-state index contributed by atoms with van der Waals surface area (Å²) in [6.45, 7) is 0.210. The lowest BCUT2D eigenvalue weighted by atomic mass is 9.89. The molecule has 29 heavy (non-hydrogen) atoms. The smallest absolute Gasteiger partial charge is 0.254 e. The van der Waals surface area contributed by atoms with Gasteiger partial charge >= 0.3 is 0 Å². The average molecular weight is 407 g/mol. The molecule has 0 saturated heterocycles. The summed E-state index contributed by atoms with van der Waals surface area (Å²) in [5.41, 5.74) is -0.0353. The molecule has 0 heterocycles. The van der Waals surface area contributed by atoms with Gasteiger partial charge in [0.15, 0.2) is 17.4 Å². The van der Waals surface area contributed by atoms with E-state index < -0.39 is 34.7 Å². The van der Waals surface area contributed by atoms with Gasteiger partial charge in [-0.1, -0.05) is 31.4 Å². The molecule has 2 aromatic carbocycles. The topological polar surface area (TPSA) is 47.6 Å². The Bertz CT molecular complexity index is 849. The summed E-state index contributed by atoms with van der Waals surface area (Å²) in [5, 5.41) is 2.59. The Morgan fingerprint density at radius 1 is 1.07 bits per heavy atom. The summed E-state index contributed by atoms with van der Waals surface area (Å²) in [4.78, 5) is 12.2. The van der Waals surface area contributed by atoms with Crippen LogP contribution in [0.1, 0.15) is 48.0 Å². The number of ether oxygens (including phenoxy) is 2. The van der Waals surface area contributed by atoms with Gasteiger partial charge in [-0.3, -0.25) is 4.79 Å². The normalized spacial score (nSPS) is 14.5.